The number of benzene rings is 1. The van der Waals surface area contributed by atoms with Crippen molar-refractivity contribution in [1.29, 1.82) is 0 Å². The van der Waals surface area contributed by atoms with E-state index in [0.717, 1.165) is 16.7 Å². The van der Waals surface area contributed by atoms with Crippen molar-refractivity contribution in [2.75, 3.05) is 6.61 Å². The normalized spacial score (nSPS) is 17.6. The molecule has 0 fully saturated rings. The summed E-state index contributed by atoms with van der Waals surface area (Å²) in [6.07, 6.45) is 1.44. The van der Waals surface area contributed by atoms with Gasteiger partial charge in [0, 0.05) is 6.20 Å². The topological polar surface area (TPSA) is 59.4 Å². The fourth-order valence-corrected chi connectivity index (χ4v) is 2.72. The van der Waals surface area contributed by atoms with Crippen molar-refractivity contribution >= 4 is 17.6 Å². The second kappa shape index (κ2) is 5.23. The van der Waals surface area contributed by atoms with Crippen LogP contribution in [0, 0.1) is 0 Å². The number of carboxylic acids is 1. The van der Waals surface area contributed by atoms with E-state index in [4.69, 9.17) is 16.3 Å². The largest absolute Gasteiger partial charge is 0.479 e. The van der Waals surface area contributed by atoms with Crippen LogP contribution in [0.5, 0.6) is 0 Å². The molecule has 4 nitrogen and oxygen atoms in total. The number of carboxylic acid groups (broad SMARTS) is 1. The molecule has 1 aromatic heterocycles. The van der Waals surface area contributed by atoms with Gasteiger partial charge >= 0.3 is 5.97 Å². The molecule has 5 heteroatoms. The van der Waals surface area contributed by atoms with Crippen LogP contribution in [-0.4, -0.2) is 22.7 Å². The zero-order chi connectivity index (χ0) is 14.1. The predicted octanol–water partition coefficient (Wildman–Crippen LogP) is 3.10. The van der Waals surface area contributed by atoms with Crippen LogP contribution in [0.1, 0.15) is 17.2 Å². The lowest BCUT2D eigenvalue weighted by molar-refractivity contribution is -0.151. The van der Waals surface area contributed by atoms with E-state index in [0.29, 0.717) is 23.7 Å². The maximum absolute atomic E-state index is 11.3. The van der Waals surface area contributed by atoms with Gasteiger partial charge in [-0.25, -0.2) is 9.78 Å². The molecule has 2 heterocycles. The third kappa shape index (κ3) is 2.28. The summed E-state index contributed by atoms with van der Waals surface area (Å²) in [5, 5.41) is 9.65. The second-order valence-corrected chi connectivity index (χ2v) is 4.97. The first-order valence-corrected chi connectivity index (χ1v) is 6.63. The zero-order valence-corrected chi connectivity index (χ0v) is 11.3. The van der Waals surface area contributed by atoms with Gasteiger partial charge in [0.05, 0.1) is 6.61 Å². The molecule has 1 aliphatic heterocycles. The van der Waals surface area contributed by atoms with Crippen molar-refractivity contribution in [1.82, 2.24) is 4.98 Å². The lowest BCUT2D eigenvalue weighted by atomic mass is 9.90. The first-order valence-electron chi connectivity index (χ1n) is 6.25. The Hall–Kier alpha value is -1.91. The van der Waals surface area contributed by atoms with Crippen LogP contribution in [0.15, 0.2) is 36.5 Å². The number of hydrogen-bond donors (Lipinski definition) is 1. The van der Waals surface area contributed by atoms with Crippen molar-refractivity contribution < 1.29 is 14.6 Å². The number of halogens is 1. The number of rotatable bonds is 2. The number of aromatic nitrogens is 1. The van der Waals surface area contributed by atoms with E-state index >= 15 is 0 Å². The molecule has 0 aliphatic carbocycles. The average Bonchev–Trinajstić information content (AvgIpc) is 2.45. The molecule has 1 unspecified atom stereocenters. The molecule has 0 amide bonds. The standard InChI is InChI=1S/C15H12ClNO3/c16-13-8-9(4-6-17-13)10-2-1-3-12-11(10)5-7-20-14(12)15(18)19/h1-4,6,8,14H,5,7H2,(H,18,19). The molecular weight excluding hydrogens is 278 g/mol. The van der Waals surface area contributed by atoms with Crippen LogP contribution in [-0.2, 0) is 16.0 Å². The zero-order valence-electron chi connectivity index (χ0n) is 10.5. The Kier molecular flexibility index (Phi) is 3.42. The smallest absolute Gasteiger partial charge is 0.337 e. The van der Waals surface area contributed by atoms with Crippen molar-refractivity contribution in [2.24, 2.45) is 0 Å². The summed E-state index contributed by atoms with van der Waals surface area (Å²) in [5.74, 6) is -0.962. The van der Waals surface area contributed by atoms with Crippen LogP contribution in [0.3, 0.4) is 0 Å². The number of ether oxygens (including phenoxy) is 1. The first kappa shape index (κ1) is 13.1. The molecule has 0 saturated heterocycles. The Labute approximate surface area is 121 Å². The van der Waals surface area contributed by atoms with Crippen LogP contribution >= 0.6 is 11.6 Å². The van der Waals surface area contributed by atoms with E-state index < -0.39 is 12.1 Å². The highest BCUT2D eigenvalue weighted by Crippen LogP contribution is 2.34. The highest BCUT2D eigenvalue weighted by Gasteiger charge is 2.28. The van der Waals surface area contributed by atoms with Gasteiger partial charge in [0.1, 0.15) is 5.15 Å². The minimum absolute atomic E-state index is 0.403. The monoisotopic (exact) mass is 289 g/mol. The van der Waals surface area contributed by atoms with Crippen LogP contribution in [0.25, 0.3) is 11.1 Å². The van der Waals surface area contributed by atoms with E-state index in [9.17, 15) is 9.90 Å². The van der Waals surface area contributed by atoms with Crippen molar-refractivity contribution in [2.45, 2.75) is 12.5 Å². The number of hydrogen-bond acceptors (Lipinski definition) is 3. The highest BCUT2D eigenvalue weighted by atomic mass is 35.5. The second-order valence-electron chi connectivity index (χ2n) is 4.58. The molecule has 1 aromatic carbocycles. The van der Waals surface area contributed by atoms with Crippen molar-refractivity contribution in [3.63, 3.8) is 0 Å². The van der Waals surface area contributed by atoms with Crippen LogP contribution in [0.2, 0.25) is 5.15 Å². The van der Waals surface area contributed by atoms with Gasteiger partial charge in [0.15, 0.2) is 6.10 Å². The molecule has 102 valence electrons. The Balaban J connectivity index is 2.15. The van der Waals surface area contributed by atoms with E-state index in [1.807, 2.05) is 18.2 Å². The van der Waals surface area contributed by atoms with Gasteiger partial charge in [-0.15, -0.1) is 0 Å². The number of fused-ring (bicyclic) bond motifs is 1. The highest BCUT2D eigenvalue weighted by molar-refractivity contribution is 6.29. The fraction of sp³-hybridized carbons (Fsp3) is 0.200. The Morgan fingerprint density at radius 1 is 1.40 bits per heavy atom. The van der Waals surface area contributed by atoms with Gasteiger partial charge in [0.25, 0.3) is 0 Å². The number of pyridine rings is 1. The molecule has 20 heavy (non-hydrogen) atoms. The van der Waals surface area contributed by atoms with Gasteiger partial charge in [-0.1, -0.05) is 29.8 Å². The summed E-state index contributed by atoms with van der Waals surface area (Å²) in [6, 6.07) is 9.26. The van der Waals surface area contributed by atoms with Gasteiger partial charge in [-0.2, -0.15) is 0 Å². The molecule has 1 aliphatic rings. The third-order valence-electron chi connectivity index (χ3n) is 3.39. The summed E-state index contributed by atoms with van der Waals surface area (Å²) in [4.78, 5) is 15.2. The molecule has 3 rings (SSSR count). The molecule has 0 bridgehead atoms. The van der Waals surface area contributed by atoms with E-state index in [-0.39, 0.29) is 0 Å². The van der Waals surface area contributed by atoms with Crippen molar-refractivity contribution in [3.8, 4) is 11.1 Å². The molecular formula is C15H12ClNO3. The maximum Gasteiger partial charge on any atom is 0.337 e. The summed E-state index contributed by atoms with van der Waals surface area (Å²) < 4.78 is 5.34. The molecule has 1 atom stereocenters. The van der Waals surface area contributed by atoms with Crippen molar-refractivity contribution in [3.05, 3.63) is 52.8 Å². The summed E-state index contributed by atoms with van der Waals surface area (Å²) in [7, 11) is 0. The maximum atomic E-state index is 11.3. The molecule has 0 saturated carbocycles. The lowest BCUT2D eigenvalue weighted by Crippen LogP contribution is -2.23. The van der Waals surface area contributed by atoms with Gasteiger partial charge in [-0.3, -0.25) is 0 Å². The molecule has 0 spiro atoms. The Bertz CT molecular complexity index is 672. The van der Waals surface area contributed by atoms with E-state index in [1.165, 1.54) is 0 Å². The lowest BCUT2D eigenvalue weighted by Gasteiger charge is -2.25. The quantitative estimate of drug-likeness (QED) is 0.863. The molecule has 0 radical (unpaired) electrons. The molecule has 2 aromatic rings. The molecule has 1 N–H and O–H groups in total. The predicted molar refractivity (Wildman–Crippen MR) is 74.7 cm³/mol. The third-order valence-corrected chi connectivity index (χ3v) is 3.60. The van der Waals surface area contributed by atoms with Gasteiger partial charge in [-0.05, 0) is 40.8 Å². The van der Waals surface area contributed by atoms with Gasteiger partial charge < -0.3 is 9.84 Å². The number of aliphatic carboxylic acids is 1. The van der Waals surface area contributed by atoms with E-state index in [1.54, 1.807) is 18.3 Å². The van der Waals surface area contributed by atoms with E-state index in [2.05, 4.69) is 4.98 Å². The minimum Gasteiger partial charge on any atom is -0.479 e. The summed E-state index contributed by atoms with van der Waals surface area (Å²) in [5.41, 5.74) is 3.65. The minimum atomic E-state index is -0.962. The Morgan fingerprint density at radius 3 is 3.00 bits per heavy atom. The fourth-order valence-electron chi connectivity index (χ4n) is 2.54. The summed E-state index contributed by atoms with van der Waals surface area (Å²) >= 11 is 5.93. The SMILES string of the molecule is O=C(O)C1OCCc2c(-c3ccnc(Cl)c3)cccc21. The van der Waals surface area contributed by atoms with Crippen LogP contribution < -0.4 is 0 Å². The Morgan fingerprint density at radius 2 is 2.25 bits per heavy atom. The number of nitrogens with zero attached hydrogens (tertiary/aromatic N) is 1. The first-order chi connectivity index (χ1) is 9.66. The number of carbonyl (C=O) groups is 1. The van der Waals surface area contributed by atoms with Crippen LogP contribution in [0.4, 0.5) is 0 Å². The summed E-state index contributed by atoms with van der Waals surface area (Å²) in [6.45, 7) is 0.403. The average molecular weight is 290 g/mol. The van der Waals surface area contributed by atoms with Gasteiger partial charge in [0.2, 0.25) is 0 Å².